The summed E-state index contributed by atoms with van der Waals surface area (Å²) in [6.45, 7) is 4.04. The second-order valence-electron chi connectivity index (χ2n) is 4.22. The standard InChI is InChI=1S/C14H21NO3/c1-4-11-5-6-13(18-3)12(9-11)7-8-15-14(17)10(2)16/h5-6,9-10,16H,4,7-8H2,1-3H3,(H,15,17). The van der Waals surface area contributed by atoms with Gasteiger partial charge in [-0.15, -0.1) is 0 Å². The van der Waals surface area contributed by atoms with E-state index in [1.807, 2.05) is 12.1 Å². The van der Waals surface area contributed by atoms with E-state index >= 15 is 0 Å². The van der Waals surface area contributed by atoms with Crippen LogP contribution in [0, 0.1) is 0 Å². The van der Waals surface area contributed by atoms with Crippen molar-refractivity contribution in [1.82, 2.24) is 5.32 Å². The predicted molar refractivity (Wildman–Crippen MR) is 70.8 cm³/mol. The van der Waals surface area contributed by atoms with Crippen LogP contribution in [0.15, 0.2) is 18.2 Å². The summed E-state index contributed by atoms with van der Waals surface area (Å²) in [4.78, 5) is 11.2. The molecule has 0 aromatic heterocycles. The zero-order valence-corrected chi connectivity index (χ0v) is 11.2. The number of carbonyl (C=O) groups is 1. The van der Waals surface area contributed by atoms with Crippen molar-refractivity contribution < 1.29 is 14.6 Å². The van der Waals surface area contributed by atoms with Crippen LogP contribution in [-0.4, -0.2) is 30.8 Å². The summed E-state index contributed by atoms with van der Waals surface area (Å²) < 4.78 is 5.29. The molecule has 0 aliphatic rings. The maximum atomic E-state index is 11.2. The molecule has 0 saturated heterocycles. The van der Waals surface area contributed by atoms with Crippen LogP contribution >= 0.6 is 0 Å². The molecule has 1 aromatic carbocycles. The Labute approximate surface area is 108 Å². The molecule has 100 valence electrons. The minimum atomic E-state index is -0.964. The second kappa shape index (κ2) is 7.01. The van der Waals surface area contributed by atoms with Crippen molar-refractivity contribution in [3.63, 3.8) is 0 Å². The van der Waals surface area contributed by atoms with Crippen molar-refractivity contribution >= 4 is 5.91 Å². The van der Waals surface area contributed by atoms with Crippen LogP contribution < -0.4 is 10.1 Å². The fraction of sp³-hybridized carbons (Fsp3) is 0.500. The van der Waals surface area contributed by atoms with Gasteiger partial charge in [0.2, 0.25) is 5.91 Å². The molecule has 0 heterocycles. The minimum Gasteiger partial charge on any atom is -0.496 e. The Morgan fingerprint density at radius 1 is 1.50 bits per heavy atom. The van der Waals surface area contributed by atoms with E-state index in [1.54, 1.807) is 7.11 Å². The number of methoxy groups -OCH3 is 1. The van der Waals surface area contributed by atoms with E-state index in [4.69, 9.17) is 9.84 Å². The van der Waals surface area contributed by atoms with E-state index in [1.165, 1.54) is 12.5 Å². The first-order valence-electron chi connectivity index (χ1n) is 6.20. The summed E-state index contributed by atoms with van der Waals surface area (Å²) >= 11 is 0. The topological polar surface area (TPSA) is 58.6 Å². The van der Waals surface area contributed by atoms with Gasteiger partial charge in [-0.05, 0) is 37.0 Å². The Morgan fingerprint density at radius 3 is 2.78 bits per heavy atom. The molecule has 2 N–H and O–H groups in total. The van der Waals surface area contributed by atoms with Crippen molar-refractivity contribution in [2.24, 2.45) is 0 Å². The average molecular weight is 251 g/mol. The largest absolute Gasteiger partial charge is 0.496 e. The van der Waals surface area contributed by atoms with Crippen LogP contribution in [0.1, 0.15) is 25.0 Å². The van der Waals surface area contributed by atoms with E-state index in [2.05, 4.69) is 18.3 Å². The Hall–Kier alpha value is -1.55. The Bertz CT molecular complexity index is 402. The molecule has 0 saturated carbocycles. The van der Waals surface area contributed by atoms with Crippen molar-refractivity contribution in [2.45, 2.75) is 32.8 Å². The maximum Gasteiger partial charge on any atom is 0.248 e. The lowest BCUT2D eigenvalue weighted by Gasteiger charge is -2.11. The number of hydrogen-bond acceptors (Lipinski definition) is 3. The van der Waals surface area contributed by atoms with Gasteiger partial charge in [-0.2, -0.15) is 0 Å². The first kappa shape index (κ1) is 14.5. The Balaban J connectivity index is 2.62. The molecule has 4 heteroatoms. The van der Waals surface area contributed by atoms with Gasteiger partial charge in [0.25, 0.3) is 0 Å². The van der Waals surface area contributed by atoms with Crippen LogP contribution in [0.5, 0.6) is 5.75 Å². The lowest BCUT2D eigenvalue weighted by molar-refractivity contribution is -0.128. The van der Waals surface area contributed by atoms with Gasteiger partial charge >= 0.3 is 0 Å². The normalized spacial score (nSPS) is 12.0. The number of hydrogen-bond donors (Lipinski definition) is 2. The summed E-state index contributed by atoms with van der Waals surface area (Å²) in [6, 6.07) is 6.08. The fourth-order valence-corrected chi connectivity index (χ4v) is 1.72. The van der Waals surface area contributed by atoms with Crippen LogP contribution in [0.2, 0.25) is 0 Å². The van der Waals surface area contributed by atoms with Gasteiger partial charge in [0, 0.05) is 6.54 Å². The Kier molecular flexibility index (Phi) is 5.65. The number of aryl methyl sites for hydroxylation is 1. The molecule has 0 radical (unpaired) electrons. The molecule has 1 aromatic rings. The van der Waals surface area contributed by atoms with Gasteiger partial charge in [-0.3, -0.25) is 4.79 Å². The van der Waals surface area contributed by atoms with Crippen LogP contribution in [0.3, 0.4) is 0 Å². The number of aliphatic hydroxyl groups excluding tert-OH is 1. The molecular weight excluding hydrogens is 230 g/mol. The number of nitrogens with one attached hydrogen (secondary N) is 1. The van der Waals surface area contributed by atoms with Crippen molar-refractivity contribution in [3.05, 3.63) is 29.3 Å². The predicted octanol–water partition coefficient (Wildman–Crippen LogP) is 1.30. The highest BCUT2D eigenvalue weighted by atomic mass is 16.5. The molecule has 0 bridgehead atoms. The third-order valence-electron chi connectivity index (χ3n) is 2.83. The number of amides is 1. The van der Waals surface area contributed by atoms with Gasteiger partial charge in [0.05, 0.1) is 7.11 Å². The van der Waals surface area contributed by atoms with Gasteiger partial charge in [0.15, 0.2) is 0 Å². The van der Waals surface area contributed by atoms with Gasteiger partial charge in [-0.1, -0.05) is 19.1 Å². The second-order valence-corrected chi connectivity index (χ2v) is 4.22. The molecule has 1 atom stereocenters. The van der Waals surface area contributed by atoms with E-state index in [0.29, 0.717) is 13.0 Å². The SMILES string of the molecule is CCc1ccc(OC)c(CCNC(=O)C(C)O)c1. The van der Waals surface area contributed by atoms with E-state index in [-0.39, 0.29) is 5.91 Å². The smallest absolute Gasteiger partial charge is 0.248 e. The van der Waals surface area contributed by atoms with Crippen LogP contribution in [-0.2, 0) is 17.6 Å². The van der Waals surface area contributed by atoms with Crippen molar-refractivity contribution in [2.75, 3.05) is 13.7 Å². The molecular formula is C14H21NO3. The molecule has 0 fully saturated rings. The number of rotatable bonds is 6. The summed E-state index contributed by atoms with van der Waals surface area (Å²) in [5.74, 6) is 0.485. The molecule has 0 aliphatic heterocycles. The monoisotopic (exact) mass is 251 g/mol. The van der Waals surface area contributed by atoms with Crippen molar-refractivity contribution in [3.8, 4) is 5.75 Å². The molecule has 18 heavy (non-hydrogen) atoms. The maximum absolute atomic E-state index is 11.2. The first-order chi connectivity index (χ1) is 8.58. The fourth-order valence-electron chi connectivity index (χ4n) is 1.72. The molecule has 1 amide bonds. The lowest BCUT2D eigenvalue weighted by Crippen LogP contribution is -2.33. The lowest BCUT2D eigenvalue weighted by atomic mass is 10.1. The number of aliphatic hydroxyl groups is 1. The molecule has 0 spiro atoms. The number of carbonyl (C=O) groups excluding carboxylic acids is 1. The van der Waals surface area contributed by atoms with Crippen molar-refractivity contribution in [1.29, 1.82) is 0 Å². The van der Waals surface area contributed by atoms with Gasteiger partial charge < -0.3 is 15.2 Å². The van der Waals surface area contributed by atoms with E-state index < -0.39 is 6.10 Å². The first-order valence-corrected chi connectivity index (χ1v) is 6.20. The molecule has 4 nitrogen and oxygen atoms in total. The molecule has 1 unspecified atom stereocenters. The van der Waals surface area contributed by atoms with Gasteiger partial charge in [-0.25, -0.2) is 0 Å². The third-order valence-corrected chi connectivity index (χ3v) is 2.83. The van der Waals surface area contributed by atoms with E-state index in [9.17, 15) is 4.79 Å². The van der Waals surface area contributed by atoms with Gasteiger partial charge in [0.1, 0.15) is 11.9 Å². The zero-order valence-electron chi connectivity index (χ0n) is 11.2. The highest BCUT2D eigenvalue weighted by Gasteiger charge is 2.08. The van der Waals surface area contributed by atoms with Crippen LogP contribution in [0.25, 0.3) is 0 Å². The quantitative estimate of drug-likeness (QED) is 0.801. The zero-order chi connectivity index (χ0) is 13.5. The minimum absolute atomic E-state index is 0.347. The third kappa shape index (κ3) is 4.04. The Morgan fingerprint density at radius 2 is 2.22 bits per heavy atom. The highest BCUT2D eigenvalue weighted by molar-refractivity contribution is 5.79. The molecule has 1 rings (SSSR count). The number of benzene rings is 1. The number of ether oxygens (including phenoxy) is 1. The summed E-state index contributed by atoms with van der Waals surface area (Å²) in [6.07, 6.45) is 0.695. The molecule has 0 aliphatic carbocycles. The summed E-state index contributed by atoms with van der Waals surface area (Å²) in [5, 5.41) is 11.7. The summed E-state index contributed by atoms with van der Waals surface area (Å²) in [5.41, 5.74) is 2.32. The summed E-state index contributed by atoms with van der Waals surface area (Å²) in [7, 11) is 1.64. The van der Waals surface area contributed by atoms with E-state index in [0.717, 1.165) is 17.7 Å². The average Bonchev–Trinajstić information content (AvgIpc) is 2.38. The van der Waals surface area contributed by atoms with Crippen LogP contribution in [0.4, 0.5) is 0 Å². The highest BCUT2D eigenvalue weighted by Crippen LogP contribution is 2.20.